The fourth-order valence-corrected chi connectivity index (χ4v) is 2.94. The minimum Gasteiger partial charge on any atom is -0.465 e. The summed E-state index contributed by atoms with van der Waals surface area (Å²) in [6.45, 7) is 9.06. The van der Waals surface area contributed by atoms with Crippen molar-refractivity contribution in [2.75, 3.05) is 37.4 Å². The highest BCUT2D eigenvalue weighted by Crippen LogP contribution is 2.31. The minimum absolute atomic E-state index is 0.0191. The van der Waals surface area contributed by atoms with Gasteiger partial charge in [-0.25, -0.2) is 9.59 Å². The molecule has 2 rings (SSSR count). The number of carbonyl (C=O) groups is 2. The van der Waals surface area contributed by atoms with Crippen LogP contribution in [0.15, 0.2) is 18.2 Å². The maximum absolute atomic E-state index is 12.3. The van der Waals surface area contributed by atoms with Crippen molar-refractivity contribution in [3.63, 3.8) is 0 Å². The van der Waals surface area contributed by atoms with Crippen LogP contribution in [0.3, 0.4) is 0 Å². The predicted octanol–water partition coefficient (Wildman–Crippen LogP) is 2.50. The Hall–Kier alpha value is -2.44. The topological polar surface area (TPSA) is 85.1 Å². The Morgan fingerprint density at radius 3 is 2.48 bits per heavy atom. The van der Waals surface area contributed by atoms with Crippen LogP contribution in [0.5, 0.6) is 0 Å². The lowest BCUT2D eigenvalue weighted by Gasteiger charge is -2.42. The number of ether oxygens (including phenoxy) is 2. The zero-order valence-electron chi connectivity index (χ0n) is 15.5. The molecular formula is C18H27N3O4. The van der Waals surface area contributed by atoms with E-state index in [1.54, 1.807) is 23.1 Å². The van der Waals surface area contributed by atoms with Gasteiger partial charge in [0.25, 0.3) is 0 Å². The molecule has 25 heavy (non-hydrogen) atoms. The van der Waals surface area contributed by atoms with Gasteiger partial charge in [0.2, 0.25) is 0 Å². The van der Waals surface area contributed by atoms with Gasteiger partial charge >= 0.3 is 12.1 Å². The average molecular weight is 349 g/mol. The maximum Gasteiger partial charge on any atom is 0.410 e. The van der Waals surface area contributed by atoms with Gasteiger partial charge in [0.15, 0.2) is 0 Å². The van der Waals surface area contributed by atoms with Gasteiger partial charge in [-0.3, -0.25) is 0 Å². The van der Waals surface area contributed by atoms with Crippen molar-refractivity contribution < 1.29 is 19.1 Å². The first-order valence-electron chi connectivity index (χ1n) is 8.35. The SMILES string of the molecule is COC(=O)c1cccc(N)c1N1CCN(C(=O)OC(C)(C)C)C[C@H]1C. The number of nitrogens with zero attached hydrogens (tertiary/aromatic N) is 2. The third-order valence-electron chi connectivity index (χ3n) is 4.04. The van der Waals surface area contributed by atoms with E-state index in [4.69, 9.17) is 15.2 Å². The van der Waals surface area contributed by atoms with Gasteiger partial charge in [0.05, 0.1) is 24.0 Å². The van der Waals surface area contributed by atoms with Crippen LogP contribution in [-0.4, -0.2) is 55.3 Å². The van der Waals surface area contributed by atoms with Gasteiger partial charge in [0, 0.05) is 25.7 Å². The molecule has 1 amide bonds. The van der Waals surface area contributed by atoms with Gasteiger partial charge in [-0.2, -0.15) is 0 Å². The number of esters is 1. The monoisotopic (exact) mass is 349 g/mol. The molecule has 1 saturated heterocycles. The van der Waals surface area contributed by atoms with Gasteiger partial charge in [-0.15, -0.1) is 0 Å². The van der Waals surface area contributed by atoms with Gasteiger partial charge in [0.1, 0.15) is 5.60 Å². The molecule has 1 atom stereocenters. The molecule has 7 heteroatoms. The molecule has 1 aliphatic rings. The number of para-hydroxylation sites is 1. The van der Waals surface area contributed by atoms with Crippen molar-refractivity contribution in [1.29, 1.82) is 0 Å². The highest BCUT2D eigenvalue weighted by Gasteiger charge is 2.32. The van der Waals surface area contributed by atoms with Crippen LogP contribution in [-0.2, 0) is 9.47 Å². The van der Waals surface area contributed by atoms with Crippen molar-refractivity contribution >= 4 is 23.4 Å². The first-order valence-corrected chi connectivity index (χ1v) is 8.35. The van der Waals surface area contributed by atoms with E-state index in [1.807, 2.05) is 32.6 Å². The molecule has 0 unspecified atom stereocenters. The van der Waals surface area contributed by atoms with Gasteiger partial charge in [-0.05, 0) is 39.8 Å². The van der Waals surface area contributed by atoms with Crippen LogP contribution in [0.2, 0.25) is 0 Å². The molecule has 1 fully saturated rings. The molecule has 0 spiro atoms. The second-order valence-electron chi connectivity index (χ2n) is 7.20. The largest absolute Gasteiger partial charge is 0.465 e. The Balaban J connectivity index is 2.20. The third kappa shape index (κ3) is 4.35. The van der Waals surface area contributed by atoms with Crippen LogP contribution in [0.1, 0.15) is 38.1 Å². The number of piperazine rings is 1. The molecule has 0 aliphatic carbocycles. The summed E-state index contributed by atoms with van der Waals surface area (Å²) in [5.74, 6) is -0.427. The van der Waals surface area contributed by atoms with Crippen molar-refractivity contribution in [3.05, 3.63) is 23.8 Å². The van der Waals surface area contributed by atoms with E-state index >= 15 is 0 Å². The first kappa shape index (κ1) is 18.9. The molecule has 0 radical (unpaired) electrons. The summed E-state index contributed by atoms with van der Waals surface area (Å²) in [7, 11) is 1.35. The molecule has 138 valence electrons. The summed E-state index contributed by atoms with van der Waals surface area (Å²) in [4.78, 5) is 28.1. The fraction of sp³-hybridized carbons (Fsp3) is 0.556. The molecule has 0 bridgehead atoms. The maximum atomic E-state index is 12.3. The number of nitrogens with two attached hydrogens (primary N) is 1. The van der Waals surface area contributed by atoms with Crippen LogP contribution in [0, 0.1) is 0 Å². The number of hydrogen-bond acceptors (Lipinski definition) is 6. The molecule has 0 aromatic heterocycles. The minimum atomic E-state index is -0.528. The van der Waals surface area contributed by atoms with E-state index in [9.17, 15) is 9.59 Å². The summed E-state index contributed by atoms with van der Waals surface area (Å²) in [5.41, 5.74) is 7.20. The number of methoxy groups -OCH3 is 1. The van der Waals surface area contributed by atoms with Crippen LogP contribution < -0.4 is 10.6 Å². The number of amides is 1. The fourth-order valence-electron chi connectivity index (χ4n) is 2.94. The average Bonchev–Trinajstić information content (AvgIpc) is 2.52. The number of hydrogen-bond donors (Lipinski definition) is 1. The molecule has 1 aromatic rings. The van der Waals surface area contributed by atoms with Gasteiger partial charge < -0.3 is 25.0 Å². The zero-order valence-corrected chi connectivity index (χ0v) is 15.5. The quantitative estimate of drug-likeness (QED) is 0.652. The second-order valence-corrected chi connectivity index (χ2v) is 7.20. The summed E-state index contributed by atoms with van der Waals surface area (Å²) < 4.78 is 10.3. The van der Waals surface area contributed by atoms with E-state index < -0.39 is 11.6 Å². The number of benzene rings is 1. The number of rotatable bonds is 2. The molecular weight excluding hydrogens is 322 g/mol. The number of nitrogen functional groups attached to an aromatic ring is 1. The van der Waals surface area contributed by atoms with Crippen molar-refractivity contribution in [3.8, 4) is 0 Å². The Bertz CT molecular complexity index is 654. The van der Waals surface area contributed by atoms with Gasteiger partial charge in [-0.1, -0.05) is 6.07 Å². The van der Waals surface area contributed by atoms with Crippen LogP contribution in [0.25, 0.3) is 0 Å². The van der Waals surface area contributed by atoms with Crippen molar-refractivity contribution in [2.45, 2.75) is 39.3 Å². The van der Waals surface area contributed by atoms with Crippen LogP contribution >= 0.6 is 0 Å². The summed E-state index contributed by atoms with van der Waals surface area (Å²) in [5, 5.41) is 0. The third-order valence-corrected chi connectivity index (χ3v) is 4.04. The molecule has 1 heterocycles. The summed E-state index contributed by atoms with van der Waals surface area (Å²) in [6.07, 6.45) is -0.326. The Morgan fingerprint density at radius 2 is 1.92 bits per heavy atom. The number of anilines is 2. The first-order chi connectivity index (χ1) is 11.6. The highest BCUT2D eigenvalue weighted by atomic mass is 16.6. The highest BCUT2D eigenvalue weighted by molar-refractivity contribution is 5.99. The molecule has 1 aromatic carbocycles. The standard InChI is InChI=1S/C18H27N3O4/c1-12-11-20(17(23)25-18(2,3)4)9-10-21(12)15-13(16(22)24-5)7-6-8-14(15)19/h6-8,12H,9-11,19H2,1-5H3/t12-/m1/s1. The Kier molecular flexibility index (Phi) is 5.45. The summed E-state index contributed by atoms with van der Waals surface area (Å²) >= 11 is 0. The van der Waals surface area contributed by atoms with E-state index in [0.29, 0.717) is 36.6 Å². The zero-order chi connectivity index (χ0) is 18.8. The lowest BCUT2D eigenvalue weighted by Crippen LogP contribution is -2.55. The van der Waals surface area contributed by atoms with E-state index in [1.165, 1.54) is 7.11 Å². The molecule has 1 aliphatic heterocycles. The van der Waals surface area contributed by atoms with Crippen molar-refractivity contribution in [1.82, 2.24) is 4.90 Å². The molecule has 0 saturated carbocycles. The molecule has 7 nitrogen and oxygen atoms in total. The van der Waals surface area contributed by atoms with E-state index in [-0.39, 0.29) is 12.1 Å². The predicted molar refractivity (Wildman–Crippen MR) is 96.8 cm³/mol. The lowest BCUT2D eigenvalue weighted by atomic mass is 10.1. The van der Waals surface area contributed by atoms with E-state index in [2.05, 4.69) is 0 Å². The number of carbonyl (C=O) groups excluding carboxylic acids is 2. The van der Waals surface area contributed by atoms with Crippen molar-refractivity contribution in [2.24, 2.45) is 0 Å². The second kappa shape index (κ2) is 7.21. The molecule has 2 N–H and O–H groups in total. The Morgan fingerprint density at radius 1 is 1.24 bits per heavy atom. The lowest BCUT2D eigenvalue weighted by molar-refractivity contribution is 0.0218. The smallest absolute Gasteiger partial charge is 0.410 e. The normalized spacial score (nSPS) is 18.0. The van der Waals surface area contributed by atoms with Crippen LogP contribution in [0.4, 0.5) is 16.2 Å². The summed E-state index contributed by atoms with van der Waals surface area (Å²) in [6, 6.07) is 5.17. The van der Waals surface area contributed by atoms with E-state index in [0.717, 1.165) is 0 Å². The Labute approximate surface area is 148 Å².